The molecule has 1 amide bonds. The molecule has 1 aromatic carbocycles. The summed E-state index contributed by atoms with van der Waals surface area (Å²) in [6.07, 6.45) is 4.01. The Labute approximate surface area is 155 Å². The molecule has 2 aromatic rings. The third-order valence-corrected chi connectivity index (χ3v) is 4.72. The van der Waals surface area contributed by atoms with E-state index in [1.807, 2.05) is 50.2 Å². The minimum Gasteiger partial charge on any atom is -0.381 e. The first-order chi connectivity index (χ1) is 12.7. The van der Waals surface area contributed by atoms with E-state index in [4.69, 9.17) is 4.74 Å². The number of pyridine rings is 1. The largest absolute Gasteiger partial charge is 0.381 e. The lowest BCUT2D eigenvalue weighted by molar-refractivity contribution is 0.102. The minimum atomic E-state index is -0.138. The van der Waals surface area contributed by atoms with Gasteiger partial charge in [-0.1, -0.05) is 17.7 Å². The summed E-state index contributed by atoms with van der Waals surface area (Å²) in [6.45, 7) is 7.59. The summed E-state index contributed by atoms with van der Waals surface area (Å²) in [4.78, 5) is 19.2. The highest BCUT2D eigenvalue weighted by Gasteiger charge is 2.21. The summed E-state index contributed by atoms with van der Waals surface area (Å²) in [7, 11) is 0. The van der Waals surface area contributed by atoms with Gasteiger partial charge in [-0.15, -0.1) is 0 Å². The predicted octanol–water partition coefficient (Wildman–Crippen LogP) is 3.90. The zero-order valence-electron chi connectivity index (χ0n) is 15.6. The number of hydrogen-bond acceptors (Lipinski definition) is 4. The molecule has 1 fully saturated rings. The molecule has 1 N–H and O–H groups in total. The summed E-state index contributed by atoms with van der Waals surface area (Å²) < 4.78 is 5.57. The molecule has 1 aromatic heterocycles. The third kappa shape index (κ3) is 4.82. The summed E-state index contributed by atoms with van der Waals surface area (Å²) in [5.74, 6) is 1.34. The zero-order chi connectivity index (χ0) is 18.4. The Morgan fingerprint density at radius 3 is 2.77 bits per heavy atom. The number of hydrogen-bond donors (Lipinski definition) is 1. The fourth-order valence-corrected chi connectivity index (χ4v) is 3.24. The van der Waals surface area contributed by atoms with E-state index in [1.54, 1.807) is 6.20 Å². The average molecular weight is 353 g/mol. The Kier molecular flexibility index (Phi) is 6.23. The van der Waals surface area contributed by atoms with Crippen molar-refractivity contribution in [2.24, 2.45) is 5.92 Å². The Morgan fingerprint density at radius 1 is 1.27 bits per heavy atom. The van der Waals surface area contributed by atoms with E-state index < -0.39 is 0 Å². The van der Waals surface area contributed by atoms with Gasteiger partial charge in [0, 0.05) is 31.6 Å². The molecule has 5 heteroatoms. The Balaban J connectivity index is 1.60. The summed E-state index contributed by atoms with van der Waals surface area (Å²) >= 11 is 0. The van der Waals surface area contributed by atoms with Gasteiger partial charge >= 0.3 is 0 Å². The molecule has 0 radical (unpaired) electrons. The van der Waals surface area contributed by atoms with Crippen LogP contribution in [0.2, 0.25) is 0 Å². The van der Waals surface area contributed by atoms with E-state index in [9.17, 15) is 4.79 Å². The zero-order valence-corrected chi connectivity index (χ0v) is 15.6. The van der Waals surface area contributed by atoms with Crippen LogP contribution in [0.15, 0.2) is 42.6 Å². The smallest absolute Gasteiger partial charge is 0.257 e. The van der Waals surface area contributed by atoms with Crippen LogP contribution in [0.3, 0.4) is 0 Å². The van der Waals surface area contributed by atoms with Crippen molar-refractivity contribution in [2.45, 2.75) is 26.7 Å². The van der Waals surface area contributed by atoms with Crippen molar-refractivity contribution in [2.75, 3.05) is 36.5 Å². The van der Waals surface area contributed by atoms with Crippen molar-refractivity contribution in [1.82, 2.24) is 4.98 Å². The van der Waals surface area contributed by atoms with Gasteiger partial charge in [0.2, 0.25) is 0 Å². The molecule has 138 valence electrons. The lowest BCUT2D eigenvalue weighted by Crippen LogP contribution is -2.37. The normalized spacial score (nSPS) is 17.2. The number of nitrogens with one attached hydrogen (secondary N) is 1. The SMILES string of the molecule is CCOCC1CCCN(c2ccc(C(=O)Nc3ccc(C)cc3)cn2)C1. The van der Waals surface area contributed by atoms with E-state index in [2.05, 4.69) is 15.2 Å². The third-order valence-electron chi connectivity index (χ3n) is 4.72. The minimum absolute atomic E-state index is 0.138. The van der Waals surface area contributed by atoms with Crippen molar-refractivity contribution < 1.29 is 9.53 Å². The Morgan fingerprint density at radius 2 is 2.08 bits per heavy atom. The van der Waals surface area contributed by atoms with Crippen LogP contribution in [0.1, 0.15) is 35.7 Å². The van der Waals surface area contributed by atoms with Crippen LogP contribution in [0.5, 0.6) is 0 Å². The van der Waals surface area contributed by atoms with Gasteiger partial charge in [-0.25, -0.2) is 4.98 Å². The molecule has 0 bridgehead atoms. The first kappa shape index (κ1) is 18.4. The number of nitrogens with zero attached hydrogens (tertiary/aromatic N) is 2. The van der Waals surface area contributed by atoms with Gasteiger partial charge in [0.15, 0.2) is 0 Å². The molecule has 1 atom stereocenters. The lowest BCUT2D eigenvalue weighted by atomic mass is 9.99. The maximum Gasteiger partial charge on any atom is 0.257 e. The number of aryl methyl sites for hydroxylation is 1. The first-order valence-electron chi connectivity index (χ1n) is 9.32. The molecule has 5 nitrogen and oxygen atoms in total. The lowest BCUT2D eigenvalue weighted by Gasteiger charge is -2.33. The molecule has 3 rings (SSSR count). The van der Waals surface area contributed by atoms with E-state index in [-0.39, 0.29) is 5.91 Å². The number of anilines is 2. The second-order valence-corrected chi connectivity index (χ2v) is 6.84. The van der Waals surface area contributed by atoms with Crippen LogP contribution in [-0.2, 0) is 4.74 Å². The molecule has 0 aliphatic carbocycles. The van der Waals surface area contributed by atoms with Crippen molar-refractivity contribution in [1.29, 1.82) is 0 Å². The number of ether oxygens (including phenoxy) is 1. The number of carbonyl (C=O) groups excluding carboxylic acids is 1. The van der Waals surface area contributed by atoms with Crippen molar-refractivity contribution in [3.05, 3.63) is 53.7 Å². The van der Waals surface area contributed by atoms with Gasteiger partial charge in [-0.3, -0.25) is 4.79 Å². The van der Waals surface area contributed by atoms with Crippen LogP contribution >= 0.6 is 0 Å². The molecular weight excluding hydrogens is 326 g/mol. The van der Waals surface area contributed by atoms with Crippen LogP contribution in [0, 0.1) is 12.8 Å². The maximum absolute atomic E-state index is 12.4. The number of piperidine rings is 1. The van der Waals surface area contributed by atoms with Crippen molar-refractivity contribution >= 4 is 17.4 Å². The van der Waals surface area contributed by atoms with Crippen LogP contribution in [0.4, 0.5) is 11.5 Å². The van der Waals surface area contributed by atoms with E-state index in [0.29, 0.717) is 11.5 Å². The molecule has 1 saturated heterocycles. The Hall–Kier alpha value is -2.40. The topological polar surface area (TPSA) is 54.5 Å². The highest BCUT2D eigenvalue weighted by Crippen LogP contribution is 2.22. The van der Waals surface area contributed by atoms with Gasteiger partial charge in [-0.05, 0) is 56.9 Å². The molecule has 0 saturated carbocycles. The highest BCUT2D eigenvalue weighted by atomic mass is 16.5. The second-order valence-electron chi connectivity index (χ2n) is 6.84. The summed E-state index contributed by atoms with van der Waals surface area (Å²) in [5, 5.41) is 2.91. The molecule has 1 unspecified atom stereocenters. The number of carbonyl (C=O) groups is 1. The number of rotatable bonds is 6. The summed E-state index contributed by atoms with van der Waals surface area (Å²) in [5.41, 5.74) is 2.52. The molecule has 26 heavy (non-hydrogen) atoms. The fourth-order valence-electron chi connectivity index (χ4n) is 3.24. The van der Waals surface area contributed by atoms with Gasteiger partial charge in [0.05, 0.1) is 12.2 Å². The monoisotopic (exact) mass is 353 g/mol. The molecule has 1 aliphatic heterocycles. The predicted molar refractivity (Wildman–Crippen MR) is 105 cm³/mol. The Bertz CT molecular complexity index is 713. The van der Waals surface area contributed by atoms with E-state index in [0.717, 1.165) is 49.8 Å². The first-order valence-corrected chi connectivity index (χ1v) is 9.32. The van der Waals surface area contributed by atoms with E-state index >= 15 is 0 Å². The maximum atomic E-state index is 12.4. The van der Waals surface area contributed by atoms with Crippen LogP contribution in [0.25, 0.3) is 0 Å². The number of benzene rings is 1. The number of amides is 1. The average Bonchev–Trinajstić information content (AvgIpc) is 2.68. The summed E-state index contributed by atoms with van der Waals surface area (Å²) in [6, 6.07) is 11.5. The van der Waals surface area contributed by atoms with E-state index in [1.165, 1.54) is 6.42 Å². The van der Waals surface area contributed by atoms with Crippen molar-refractivity contribution in [3.63, 3.8) is 0 Å². The quantitative estimate of drug-likeness (QED) is 0.856. The van der Waals surface area contributed by atoms with Crippen molar-refractivity contribution in [3.8, 4) is 0 Å². The van der Waals surface area contributed by atoms with Crippen LogP contribution < -0.4 is 10.2 Å². The van der Waals surface area contributed by atoms with Crippen LogP contribution in [-0.4, -0.2) is 37.2 Å². The highest BCUT2D eigenvalue weighted by molar-refractivity contribution is 6.04. The molecule has 2 heterocycles. The van der Waals surface area contributed by atoms with Gasteiger partial charge in [0.1, 0.15) is 5.82 Å². The van der Waals surface area contributed by atoms with Gasteiger partial charge < -0.3 is 15.0 Å². The van der Waals surface area contributed by atoms with Gasteiger partial charge in [-0.2, -0.15) is 0 Å². The number of aromatic nitrogens is 1. The standard InChI is InChI=1S/C21H27N3O2/c1-3-26-15-17-5-4-12-24(14-17)20-11-8-18(13-22-20)21(25)23-19-9-6-16(2)7-10-19/h6-11,13,17H,3-5,12,14-15H2,1-2H3,(H,23,25). The molecule has 0 spiro atoms. The molecular formula is C21H27N3O2. The fraction of sp³-hybridized carbons (Fsp3) is 0.429. The molecule has 1 aliphatic rings. The van der Waals surface area contributed by atoms with Gasteiger partial charge in [0.25, 0.3) is 5.91 Å². The second kappa shape index (κ2) is 8.81.